The van der Waals surface area contributed by atoms with Crippen molar-refractivity contribution in [1.29, 1.82) is 0 Å². The predicted octanol–water partition coefficient (Wildman–Crippen LogP) is 5.47. The second kappa shape index (κ2) is 10.6. The topological polar surface area (TPSA) is 32.8 Å². The van der Waals surface area contributed by atoms with Crippen LogP contribution in [0, 0.1) is 5.82 Å². The van der Waals surface area contributed by atoms with Crippen molar-refractivity contribution in [3.05, 3.63) is 65.5 Å². The molecule has 0 aliphatic heterocycles. The molecule has 1 amide bonds. The minimum atomic E-state index is -0.386. The number of rotatable bonds is 5. The average Bonchev–Trinajstić information content (AvgIpc) is 2.69. The number of ether oxygens (including phenoxy) is 1. The summed E-state index contributed by atoms with van der Waals surface area (Å²) in [6.07, 6.45) is 3.65. The van der Waals surface area contributed by atoms with Gasteiger partial charge in [-0.05, 0) is 81.1 Å². The second-order valence-corrected chi connectivity index (χ2v) is 7.92. The van der Waals surface area contributed by atoms with Gasteiger partial charge in [0, 0.05) is 19.6 Å². The number of benzene rings is 2. The summed E-state index contributed by atoms with van der Waals surface area (Å²) in [7, 11) is 5.94. The molecular weight excluding hydrogens is 391 g/mol. The van der Waals surface area contributed by atoms with Crippen molar-refractivity contribution in [2.45, 2.75) is 44.2 Å². The summed E-state index contributed by atoms with van der Waals surface area (Å²) >= 11 is 0. The highest BCUT2D eigenvalue weighted by molar-refractivity contribution is 5.85. The van der Waals surface area contributed by atoms with E-state index in [1.165, 1.54) is 35.4 Å². The molecule has 158 valence electrons. The van der Waals surface area contributed by atoms with Gasteiger partial charge < -0.3 is 14.5 Å². The number of carbonyl (C=O) groups is 1. The molecule has 0 N–H and O–H groups in total. The highest BCUT2D eigenvalue weighted by Gasteiger charge is 2.28. The molecule has 0 aromatic heterocycles. The van der Waals surface area contributed by atoms with E-state index in [0.717, 1.165) is 32.2 Å². The Kier molecular flexibility index (Phi) is 8.47. The molecule has 0 bridgehead atoms. The Hall–Kier alpha value is -2.11. The Morgan fingerprint density at radius 3 is 2.10 bits per heavy atom. The van der Waals surface area contributed by atoms with E-state index in [0.29, 0.717) is 11.7 Å². The lowest BCUT2D eigenvalue weighted by molar-refractivity contribution is 0.130. The number of hydrogen-bond donors (Lipinski definition) is 0. The van der Waals surface area contributed by atoms with Gasteiger partial charge in [-0.15, -0.1) is 12.4 Å². The van der Waals surface area contributed by atoms with E-state index < -0.39 is 0 Å². The number of hydrogen-bond acceptors (Lipinski definition) is 3. The summed E-state index contributed by atoms with van der Waals surface area (Å²) in [6, 6.07) is 14.6. The summed E-state index contributed by atoms with van der Waals surface area (Å²) in [4.78, 5) is 16.2. The smallest absolute Gasteiger partial charge is 0.410 e. The molecule has 2 aromatic carbocycles. The van der Waals surface area contributed by atoms with Crippen molar-refractivity contribution in [3.8, 4) is 5.75 Å². The molecular formula is C23H30ClFN2O2. The first kappa shape index (κ1) is 23.2. The van der Waals surface area contributed by atoms with Crippen molar-refractivity contribution in [2.75, 3.05) is 21.1 Å². The number of carbonyl (C=O) groups excluding carboxylic acids is 1. The first-order valence-electron chi connectivity index (χ1n) is 9.86. The van der Waals surface area contributed by atoms with Crippen molar-refractivity contribution < 1.29 is 13.9 Å². The zero-order valence-electron chi connectivity index (χ0n) is 17.3. The fourth-order valence-corrected chi connectivity index (χ4v) is 3.88. The minimum Gasteiger partial charge on any atom is -0.410 e. The molecule has 0 radical (unpaired) electrons. The number of amides is 1. The van der Waals surface area contributed by atoms with Gasteiger partial charge in [0.25, 0.3) is 0 Å². The summed E-state index contributed by atoms with van der Waals surface area (Å²) in [5.74, 6) is 0.567. The molecule has 0 heterocycles. The second-order valence-electron chi connectivity index (χ2n) is 7.92. The molecule has 1 saturated carbocycles. The maximum absolute atomic E-state index is 13.0. The van der Waals surface area contributed by atoms with Crippen LogP contribution in [0.15, 0.2) is 48.5 Å². The average molecular weight is 421 g/mol. The third-order valence-corrected chi connectivity index (χ3v) is 5.50. The van der Waals surface area contributed by atoms with Crippen LogP contribution in [0.3, 0.4) is 0 Å². The van der Waals surface area contributed by atoms with Crippen LogP contribution in [-0.4, -0.2) is 43.1 Å². The quantitative estimate of drug-likeness (QED) is 0.643. The molecule has 0 spiro atoms. The van der Waals surface area contributed by atoms with Gasteiger partial charge in [0.2, 0.25) is 0 Å². The maximum Gasteiger partial charge on any atom is 0.415 e. The monoisotopic (exact) mass is 420 g/mol. The van der Waals surface area contributed by atoms with Crippen LogP contribution in [-0.2, 0) is 6.54 Å². The maximum atomic E-state index is 13.0. The summed E-state index contributed by atoms with van der Waals surface area (Å²) < 4.78 is 18.3. The molecule has 6 heteroatoms. The van der Waals surface area contributed by atoms with Gasteiger partial charge in [0.05, 0.1) is 0 Å². The van der Waals surface area contributed by atoms with Crippen LogP contribution < -0.4 is 4.74 Å². The molecule has 1 fully saturated rings. The van der Waals surface area contributed by atoms with E-state index in [2.05, 4.69) is 43.3 Å². The number of halogens is 2. The van der Waals surface area contributed by atoms with E-state index in [4.69, 9.17) is 4.74 Å². The fraction of sp³-hybridized carbons (Fsp3) is 0.435. The zero-order chi connectivity index (χ0) is 20.1. The summed E-state index contributed by atoms with van der Waals surface area (Å²) in [6.45, 7) is 0.952. The largest absolute Gasteiger partial charge is 0.415 e. The molecule has 29 heavy (non-hydrogen) atoms. The van der Waals surface area contributed by atoms with Crippen molar-refractivity contribution in [2.24, 2.45) is 0 Å². The highest BCUT2D eigenvalue weighted by Crippen LogP contribution is 2.34. The highest BCUT2D eigenvalue weighted by atomic mass is 35.5. The lowest BCUT2D eigenvalue weighted by atomic mass is 9.81. The molecule has 1 aliphatic carbocycles. The van der Waals surface area contributed by atoms with Crippen LogP contribution >= 0.6 is 12.4 Å². The Labute approximate surface area is 179 Å². The van der Waals surface area contributed by atoms with Gasteiger partial charge >= 0.3 is 6.09 Å². The van der Waals surface area contributed by atoms with Crippen LogP contribution in [0.1, 0.15) is 42.7 Å². The summed E-state index contributed by atoms with van der Waals surface area (Å²) in [5.41, 5.74) is 2.71. The summed E-state index contributed by atoms with van der Waals surface area (Å²) in [5, 5.41) is 0. The van der Waals surface area contributed by atoms with Gasteiger partial charge in [-0.3, -0.25) is 0 Å². The van der Waals surface area contributed by atoms with Crippen LogP contribution in [0.5, 0.6) is 5.75 Å². The molecule has 3 rings (SSSR count). The normalized spacial score (nSPS) is 18.8. The van der Waals surface area contributed by atoms with E-state index in [-0.39, 0.29) is 30.4 Å². The van der Waals surface area contributed by atoms with E-state index in [1.807, 2.05) is 0 Å². The van der Waals surface area contributed by atoms with Gasteiger partial charge in [0.1, 0.15) is 11.6 Å². The Balaban J connectivity index is 0.00000300. The van der Waals surface area contributed by atoms with E-state index in [9.17, 15) is 9.18 Å². The van der Waals surface area contributed by atoms with Gasteiger partial charge in [-0.1, -0.05) is 24.3 Å². The van der Waals surface area contributed by atoms with Gasteiger partial charge in [-0.25, -0.2) is 9.18 Å². The SMILES string of the molecule is CN(C)Cc1ccc(C2CCC(N(C)C(=O)Oc3ccc(F)cc3)CC2)cc1.Cl. The van der Waals surface area contributed by atoms with E-state index >= 15 is 0 Å². The molecule has 0 atom stereocenters. The lowest BCUT2D eigenvalue weighted by Gasteiger charge is -2.34. The molecule has 2 aromatic rings. The molecule has 4 nitrogen and oxygen atoms in total. The Morgan fingerprint density at radius 1 is 0.966 bits per heavy atom. The Morgan fingerprint density at radius 2 is 1.55 bits per heavy atom. The van der Waals surface area contributed by atoms with Crippen molar-refractivity contribution >= 4 is 18.5 Å². The third-order valence-electron chi connectivity index (χ3n) is 5.50. The van der Waals surface area contributed by atoms with Gasteiger partial charge in [-0.2, -0.15) is 0 Å². The molecule has 0 unspecified atom stereocenters. The zero-order valence-corrected chi connectivity index (χ0v) is 18.1. The molecule has 1 aliphatic rings. The standard InChI is InChI=1S/C23H29FN2O2.ClH/c1-25(2)16-17-4-6-18(7-5-17)19-8-12-21(13-9-19)26(3)23(27)28-22-14-10-20(24)11-15-22;/h4-7,10-11,14-15,19,21H,8-9,12-13,16H2,1-3H3;1H. The van der Waals surface area contributed by atoms with Crippen LogP contribution in [0.4, 0.5) is 9.18 Å². The van der Waals surface area contributed by atoms with Crippen LogP contribution in [0.25, 0.3) is 0 Å². The Bertz CT molecular complexity index is 772. The van der Waals surface area contributed by atoms with Crippen LogP contribution in [0.2, 0.25) is 0 Å². The van der Waals surface area contributed by atoms with E-state index in [1.54, 1.807) is 11.9 Å². The first-order valence-corrected chi connectivity index (χ1v) is 9.86. The molecule has 0 saturated heterocycles. The van der Waals surface area contributed by atoms with Crippen molar-refractivity contribution in [3.63, 3.8) is 0 Å². The lowest BCUT2D eigenvalue weighted by Crippen LogP contribution is -2.40. The predicted molar refractivity (Wildman–Crippen MR) is 116 cm³/mol. The fourth-order valence-electron chi connectivity index (χ4n) is 3.88. The minimum absolute atomic E-state index is 0. The van der Waals surface area contributed by atoms with Crippen molar-refractivity contribution in [1.82, 2.24) is 9.80 Å². The first-order chi connectivity index (χ1) is 13.4. The van der Waals surface area contributed by atoms with Gasteiger partial charge in [0.15, 0.2) is 0 Å². The number of nitrogens with zero attached hydrogens (tertiary/aromatic N) is 2. The third kappa shape index (κ3) is 6.44.